The molecular weight excluding hydrogens is 398 g/mol. The molecule has 9 nitrogen and oxygen atoms in total. The van der Waals surface area contributed by atoms with Gasteiger partial charge in [0.25, 0.3) is 5.56 Å². The number of nitrogens with zero attached hydrogens (tertiary/aromatic N) is 4. The number of ether oxygens (including phenoxy) is 2. The summed E-state index contributed by atoms with van der Waals surface area (Å²) in [4.78, 5) is 22.3. The lowest BCUT2D eigenvalue weighted by molar-refractivity contribution is -0.245. The maximum absolute atomic E-state index is 12.9. The van der Waals surface area contributed by atoms with E-state index < -0.39 is 5.79 Å². The highest BCUT2D eigenvalue weighted by Crippen LogP contribution is 2.34. The Morgan fingerprint density at radius 2 is 2.16 bits per heavy atom. The second-order valence-electron chi connectivity index (χ2n) is 7.94. The smallest absolute Gasteiger partial charge is 0.277 e. The first kappa shape index (κ1) is 21.5. The van der Waals surface area contributed by atoms with Crippen LogP contribution in [0.15, 0.2) is 23.0 Å². The molecule has 0 spiro atoms. The summed E-state index contributed by atoms with van der Waals surface area (Å²) in [5.41, 5.74) is 1.98. The molecule has 166 valence electrons. The SMILES string of the molecule is CCCc1nc(C)c2c(=O)[nH]c(-c3cc(C4(O)CN(C)CCO4)ccc3OCC)nn12. The van der Waals surface area contributed by atoms with Crippen LogP contribution in [0.25, 0.3) is 16.9 Å². The number of aryl methyl sites for hydroxylation is 2. The molecule has 0 amide bonds. The Bertz CT molecular complexity index is 1150. The zero-order valence-electron chi connectivity index (χ0n) is 18.4. The third-order valence-corrected chi connectivity index (χ3v) is 5.50. The Morgan fingerprint density at radius 3 is 2.87 bits per heavy atom. The highest BCUT2D eigenvalue weighted by Gasteiger charge is 2.36. The van der Waals surface area contributed by atoms with Gasteiger partial charge in [-0.2, -0.15) is 0 Å². The van der Waals surface area contributed by atoms with Gasteiger partial charge in [-0.05, 0) is 45.5 Å². The Hall–Kier alpha value is -2.75. The number of aliphatic hydroxyl groups is 1. The number of β-amino-alcohol motifs (C(OH)–C–C–N with tert-alkyl or cyclic N) is 1. The summed E-state index contributed by atoms with van der Waals surface area (Å²) < 4.78 is 13.1. The van der Waals surface area contributed by atoms with Crippen molar-refractivity contribution in [1.29, 1.82) is 0 Å². The summed E-state index contributed by atoms with van der Waals surface area (Å²) in [5, 5.41) is 15.8. The van der Waals surface area contributed by atoms with Gasteiger partial charge < -0.3 is 19.6 Å². The van der Waals surface area contributed by atoms with Crippen molar-refractivity contribution < 1.29 is 14.6 Å². The molecule has 1 saturated heterocycles. The molecule has 2 N–H and O–H groups in total. The van der Waals surface area contributed by atoms with E-state index in [0.717, 1.165) is 18.8 Å². The first-order valence-electron chi connectivity index (χ1n) is 10.7. The Kier molecular flexibility index (Phi) is 5.83. The maximum atomic E-state index is 12.9. The summed E-state index contributed by atoms with van der Waals surface area (Å²) in [5.74, 6) is 0.212. The highest BCUT2D eigenvalue weighted by atomic mass is 16.6. The molecule has 3 aromatic rings. The number of aromatic nitrogens is 4. The van der Waals surface area contributed by atoms with Crippen LogP contribution in [-0.4, -0.2) is 62.9 Å². The van der Waals surface area contributed by atoms with Gasteiger partial charge in [0.2, 0.25) is 5.79 Å². The van der Waals surface area contributed by atoms with Crippen LogP contribution in [-0.2, 0) is 16.9 Å². The number of hydrogen-bond donors (Lipinski definition) is 2. The molecule has 31 heavy (non-hydrogen) atoms. The van der Waals surface area contributed by atoms with Crippen LogP contribution >= 0.6 is 0 Å². The number of benzene rings is 1. The third-order valence-electron chi connectivity index (χ3n) is 5.50. The molecule has 1 aliphatic rings. The Morgan fingerprint density at radius 1 is 1.35 bits per heavy atom. The molecule has 4 rings (SSSR count). The lowest BCUT2D eigenvalue weighted by atomic mass is 10.00. The quantitative estimate of drug-likeness (QED) is 0.619. The van der Waals surface area contributed by atoms with Gasteiger partial charge in [-0.3, -0.25) is 9.69 Å². The number of fused-ring (bicyclic) bond motifs is 1. The topological polar surface area (TPSA) is 105 Å². The molecule has 0 radical (unpaired) electrons. The number of H-pyrrole nitrogens is 1. The average molecular weight is 428 g/mol. The minimum atomic E-state index is -1.45. The Labute approximate surface area is 180 Å². The minimum Gasteiger partial charge on any atom is -0.493 e. The van der Waals surface area contributed by atoms with Crippen molar-refractivity contribution in [2.24, 2.45) is 0 Å². The second-order valence-corrected chi connectivity index (χ2v) is 7.94. The maximum Gasteiger partial charge on any atom is 0.277 e. The van der Waals surface area contributed by atoms with Crippen molar-refractivity contribution in [3.63, 3.8) is 0 Å². The van der Waals surface area contributed by atoms with Crippen LogP contribution in [0.4, 0.5) is 0 Å². The van der Waals surface area contributed by atoms with E-state index in [1.54, 1.807) is 22.7 Å². The molecule has 9 heteroatoms. The Balaban J connectivity index is 1.89. The molecule has 0 aliphatic carbocycles. The number of aromatic amines is 1. The summed E-state index contributed by atoms with van der Waals surface area (Å²) >= 11 is 0. The number of imidazole rings is 1. The van der Waals surface area contributed by atoms with E-state index in [1.165, 1.54) is 0 Å². The standard InChI is InChI=1S/C22H29N5O4/c1-5-7-18-23-14(3)19-21(28)24-20(25-27(18)19)16-12-15(8-9-17(16)30-6-2)22(29)13-26(4)10-11-31-22/h8-9,12,29H,5-7,10-11,13H2,1-4H3,(H,24,25,28). The van der Waals surface area contributed by atoms with Crippen LogP contribution in [0.2, 0.25) is 0 Å². The molecule has 1 aromatic carbocycles. The zero-order chi connectivity index (χ0) is 22.2. The van der Waals surface area contributed by atoms with Crippen LogP contribution < -0.4 is 10.3 Å². The first-order chi connectivity index (χ1) is 14.9. The number of likely N-dealkylation sites (N-methyl/N-ethyl adjacent to an activating group) is 1. The molecule has 1 fully saturated rings. The van der Waals surface area contributed by atoms with Gasteiger partial charge in [-0.25, -0.2) is 9.50 Å². The number of morpholine rings is 1. The third kappa shape index (κ3) is 3.96. The predicted molar refractivity (Wildman–Crippen MR) is 116 cm³/mol. The molecule has 2 aromatic heterocycles. The van der Waals surface area contributed by atoms with E-state index in [2.05, 4.69) is 16.9 Å². The van der Waals surface area contributed by atoms with Gasteiger partial charge >= 0.3 is 0 Å². The first-order valence-corrected chi connectivity index (χ1v) is 10.7. The van der Waals surface area contributed by atoms with Crippen molar-refractivity contribution in [3.8, 4) is 17.1 Å². The molecular formula is C22H29N5O4. The van der Waals surface area contributed by atoms with Crippen molar-refractivity contribution >= 4 is 5.52 Å². The van der Waals surface area contributed by atoms with Crippen molar-refractivity contribution in [2.45, 2.75) is 39.4 Å². The summed E-state index contributed by atoms with van der Waals surface area (Å²) in [6.45, 7) is 7.72. The zero-order valence-corrected chi connectivity index (χ0v) is 18.4. The average Bonchev–Trinajstić information content (AvgIpc) is 3.04. The molecule has 0 bridgehead atoms. The summed E-state index contributed by atoms with van der Waals surface area (Å²) in [6.07, 6.45) is 1.60. The fourth-order valence-electron chi connectivity index (χ4n) is 4.02. The number of rotatable bonds is 6. The fourth-order valence-corrected chi connectivity index (χ4v) is 4.02. The van der Waals surface area contributed by atoms with Crippen LogP contribution in [0, 0.1) is 6.92 Å². The van der Waals surface area contributed by atoms with Gasteiger partial charge in [0.05, 0.1) is 31.0 Å². The van der Waals surface area contributed by atoms with Crippen LogP contribution in [0.1, 0.15) is 37.4 Å². The van der Waals surface area contributed by atoms with E-state index in [9.17, 15) is 9.90 Å². The molecule has 1 atom stereocenters. The van der Waals surface area contributed by atoms with E-state index in [4.69, 9.17) is 14.6 Å². The van der Waals surface area contributed by atoms with Gasteiger partial charge in [0.1, 0.15) is 11.6 Å². The molecule has 1 unspecified atom stereocenters. The summed E-state index contributed by atoms with van der Waals surface area (Å²) in [7, 11) is 1.94. The molecule has 1 aliphatic heterocycles. The van der Waals surface area contributed by atoms with Crippen LogP contribution in [0.5, 0.6) is 5.75 Å². The highest BCUT2D eigenvalue weighted by molar-refractivity contribution is 5.66. The van der Waals surface area contributed by atoms with Gasteiger partial charge in [-0.1, -0.05) is 6.92 Å². The normalized spacial score (nSPS) is 19.8. The summed E-state index contributed by atoms with van der Waals surface area (Å²) in [6, 6.07) is 5.34. The molecule has 0 saturated carbocycles. The monoisotopic (exact) mass is 427 g/mol. The van der Waals surface area contributed by atoms with Crippen LogP contribution in [0.3, 0.4) is 0 Å². The van der Waals surface area contributed by atoms with Gasteiger partial charge in [0, 0.05) is 18.5 Å². The van der Waals surface area contributed by atoms with E-state index >= 15 is 0 Å². The predicted octanol–water partition coefficient (Wildman–Crippen LogP) is 1.85. The van der Waals surface area contributed by atoms with E-state index in [-0.39, 0.29) is 5.56 Å². The van der Waals surface area contributed by atoms with E-state index in [0.29, 0.717) is 60.1 Å². The van der Waals surface area contributed by atoms with Gasteiger partial charge in [-0.15, -0.1) is 5.10 Å². The van der Waals surface area contributed by atoms with Crippen molar-refractivity contribution in [1.82, 2.24) is 24.5 Å². The van der Waals surface area contributed by atoms with Gasteiger partial charge in [0.15, 0.2) is 11.3 Å². The lowest BCUT2D eigenvalue weighted by Crippen LogP contribution is -2.48. The number of nitrogens with one attached hydrogen (secondary N) is 1. The molecule has 3 heterocycles. The minimum absolute atomic E-state index is 0.266. The second kappa shape index (κ2) is 8.41. The van der Waals surface area contributed by atoms with Crippen molar-refractivity contribution in [2.75, 3.05) is 33.4 Å². The van der Waals surface area contributed by atoms with Crippen molar-refractivity contribution in [3.05, 3.63) is 45.6 Å². The van der Waals surface area contributed by atoms with E-state index in [1.807, 2.05) is 25.8 Å². The fraction of sp³-hybridized carbons (Fsp3) is 0.500. The lowest BCUT2D eigenvalue weighted by Gasteiger charge is -2.37. The number of hydrogen-bond acceptors (Lipinski definition) is 7. The largest absolute Gasteiger partial charge is 0.493 e.